The molecule has 0 N–H and O–H groups in total. The molecule has 0 aliphatic rings. The van der Waals surface area contributed by atoms with Crippen molar-refractivity contribution in [3.63, 3.8) is 0 Å². The Morgan fingerprint density at radius 2 is 1.36 bits per heavy atom. The molecule has 0 saturated heterocycles. The molecule has 1 atom stereocenters. The van der Waals surface area contributed by atoms with Crippen LogP contribution in [0.4, 0.5) is 0 Å². The van der Waals surface area contributed by atoms with Gasteiger partial charge >= 0.3 is 0 Å². The van der Waals surface area contributed by atoms with Gasteiger partial charge < -0.3 is 3.90 Å². The third-order valence-electron chi connectivity index (χ3n) is 4.41. The molecule has 1 unspecified atom stereocenters. The molecule has 0 heterocycles. The van der Waals surface area contributed by atoms with Crippen molar-refractivity contribution in [2.24, 2.45) is 0 Å². The molecule has 128 valence electrons. The van der Waals surface area contributed by atoms with Gasteiger partial charge in [0.25, 0.3) is 0 Å². The molecule has 0 rings (SSSR count). The monoisotopic (exact) mass is 353 g/mol. The molecule has 22 heavy (non-hydrogen) atoms. The summed E-state index contributed by atoms with van der Waals surface area (Å²) in [5.41, 5.74) is 3.14. The van der Waals surface area contributed by atoms with Crippen molar-refractivity contribution >= 4 is 24.7 Å². The van der Waals surface area contributed by atoms with Crippen LogP contribution in [0.15, 0.2) is 37.0 Å². The highest BCUT2D eigenvalue weighted by atomic mass is 28.5. The van der Waals surface area contributed by atoms with E-state index in [4.69, 9.17) is 0 Å². The minimum atomic E-state index is -1.59. The van der Waals surface area contributed by atoms with Crippen LogP contribution in [0, 0.1) is 0 Å². The lowest BCUT2D eigenvalue weighted by Crippen LogP contribution is -2.71. The van der Waals surface area contributed by atoms with E-state index in [1.165, 1.54) is 12.0 Å². The highest BCUT2D eigenvalue weighted by molar-refractivity contribution is 7.04. The van der Waals surface area contributed by atoms with E-state index in [0.29, 0.717) is 5.54 Å². The van der Waals surface area contributed by atoms with Crippen molar-refractivity contribution in [3.8, 4) is 0 Å². The van der Waals surface area contributed by atoms with Crippen molar-refractivity contribution in [2.45, 2.75) is 77.7 Å². The van der Waals surface area contributed by atoms with E-state index in [-0.39, 0.29) is 0 Å². The Balaban J connectivity index is 5.70. The topological polar surface area (TPSA) is 3.24 Å². The third kappa shape index (κ3) is 5.80. The molecule has 0 aliphatic carbocycles. The zero-order valence-electron chi connectivity index (χ0n) is 16.6. The summed E-state index contributed by atoms with van der Waals surface area (Å²) in [6, 6.07) is 0. The molecule has 0 radical (unpaired) electrons. The second-order valence-electron chi connectivity index (χ2n) is 9.13. The number of allylic oxidation sites excluding steroid dienone is 3. The average Bonchev–Trinajstić information content (AvgIpc) is 2.22. The van der Waals surface area contributed by atoms with E-state index in [1.807, 2.05) is 6.08 Å². The lowest BCUT2D eigenvalue weighted by molar-refractivity contribution is 0.737. The van der Waals surface area contributed by atoms with Gasteiger partial charge in [-0.25, -0.2) is 0 Å². The zero-order valence-corrected chi connectivity index (χ0v) is 19.6. The normalized spacial score (nSPS) is 14.8. The Hall–Kier alpha value is -0.169. The van der Waals surface area contributed by atoms with Crippen LogP contribution in [0.3, 0.4) is 0 Å². The van der Waals surface area contributed by atoms with Gasteiger partial charge in [0.05, 0.1) is 0 Å². The molecule has 0 aliphatic heterocycles. The highest BCUT2D eigenvalue weighted by Gasteiger charge is 2.48. The second-order valence-corrected chi connectivity index (χ2v) is 24.5. The van der Waals surface area contributed by atoms with E-state index in [9.17, 15) is 0 Å². The van der Waals surface area contributed by atoms with E-state index in [2.05, 4.69) is 82.9 Å². The number of hydrogen-bond donors (Lipinski definition) is 0. The Morgan fingerprint density at radius 3 is 1.64 bits per heavy atom. The van der Waals surface area contributed by atoms with Gasteiger partial charge in [0, 0.05) is 0 Å². The van der Waals surface area contributed by atoms with E-state index in [0.717, 1.165) is 12.0 Å². The Labute approximate surface area is 143 Å². The average molecular weight is 354 g/mol. The summed E-state index contributed by atoms with van der Waals surface area (Å²) in [5, 5.41) is 0. The maximum atomic E-state index is 4.36. The van der Waals surface area contributed by atoms with Gasteiger partial charge in [0.2, 0.25) is 0 Å². The Morgan fingerprint density at radius 1 is 0.955 bits per heavy atom. The van der Waals surface area contributed by atoms with Gasteiger partial charge in [-0.15, -0.1) is 6.58 Å². The largest absolute Gasteiger partial charge is 0.368 e. The predicted octanol–water partition coefficient (Wildman–Crippen LogP) is 6.63. The highest BCUT2D eigenvalue weighted by Crippen LogP contribution is 2.41. The van der Waals surface area contributed by atoms with Gasteiger partial charge in [-0.2, -0.15) is 0 Å². The SMILES string of the molecule is C=CC(=C)CCC(C(=C)C)[Si](C)(C)N([Si](C)(C)C)[Si](C)(C)C. The third-order valence-corrected chi connectivity index (χ3v) is 22.2. The van der Waals surface area contributed by atoms with Crippen molar-refractivity contribution in [1.29, 1.82) is 0 Å². The molecular formula is C18H39NSi3. The van der Waals surface area contributed by atoms with Gasteiger partial charge in [-0.1, -0.05) is 82.8 Å². The first-order valence-electron chi connectivity index (χ1n) is 8.41. The Kier molecular flexibility index (Phi) is 7.54. The first-order valence-corrected chi connectivity index (χ1v) is 18.3. The molecule has 0 bridgehead atoms. The summed E-state index contributed by atoms with van der Waals surface area (Å²) in [7, 11) is -4.31. The summed E-state index contributed by atoms with van der Waals surface area (Å²) in [6.07, 6.45) is 4.12. The van der Waals surface area contributed by atoms with Gasteiger partial charge in [0.1, 0.15) is 24.7 Å². The van der Waals surface area contributed by atoms with Crippen LogP contribution in [0.2, 0.25) is 57.9 Å². The zero-order chi connectivity index (χ0) is 17.9. The predicted molar refractivity (Wildman–Crippen MR) is 113 cm³/mol. The Bertz CT molecular complexity index is 411. The second kappa shape index (κ2) is 7.60. The fourth-order valence-corrected chi connectivity index (χ4v) is 29.7. The van der Waals surface area contributed by atoms with Crippen molar-refractivity contribution in [2.75, 3.05) is 0 Å². The molecule has 0 saturated carbocycles. The van der Waals surface area contributed by atoms with Gasteiger partial charge in [-0.05, 0) is 25.3 Å². The maximum absolute atomic E-state index is 4.36. The molecule has 0 aromatic rings. The minimum Gasteiger partial charge on any atom is -0.368 e. The van der Waals surface area contributed by atoms with Crippen LogP contribution in [0.1, 0.15) is 19.8 Å². The van der Waals surface area contributed by atoms with Crippen molar-refractivity contribution in [1.82, 2.24) is 3.90 Å². The standard InChI is InChI=1S/C18H39NSi3/c1-13-17(4)14-15-18(16(2)3)22(11,12)19(20(5,6)7)21(8,9)10/h13,18H,1-2,4,14-15H2,3,5-12H3. The molecular weight excluding hydrogens is 314 g/mol. The molecule has 4 heteroatoms. The molecule has 0 spiro atoms. The molecule has 0 fully saturated rings. The lowest BCUT2D eigenvalue weighted by atomic mass is 10.1. The fourth-order valence-electron chi connectivity index (χ4n) is 4.53. The summed E-state index contributed by atoms with van der Waals surface area (Å²) >= 11 is 0. The van der Waals surface area contributed by atoms with E-state index < -0.39 is 24.7 Å². The summed E-state index contributed by atoms with van der Waals surface area (Å²) in [6.45, 7) is 34.7. The van der Waals surface area contributed by atoms with Gasteiger partial charge in [-0.3, -0.25) is 0 Å². The maximum Gasteiger partial charge on any atom is 0.116 e. The molecule has 0 aromatic heterocycles. The van der Waals surface area contributed by atoms with Crippen LogP contribution in [-0.2, 0) is 0 Å². The van der Waals surface area contributed by atoms with Crippen LogP contribution in [0.5, 0.6) is 0 Å². The number of hydrogen-bond acceptors (Lipinski definition) is 1. The number of nitrogens with zero attached hydrogens (tertiary/aromatic N) is 1. The van der Waals surface area contributed by atoms with E-state index >= 15 is 0 Å². The molecule has 1 nitrogen and oxygen atoms in total. The quantitative estimate of drug-likeness (QED) is 0.255. The summed E-state index contributed by atoms with van der Waals surface area (Å²) < 4.78 is 3.06. The van der Waals surface area contributed by atoms with Crippen LogP contribution >= 0.6 is 0 Å². The van der Waals surface area contributed by atoms with Crippen molar-refractivity contribution < 1.29 is 0 Å². The lowest BCUT2D eigenvalue weighted by Gasteiger charge is -2.56. The molecule has 0 aromatic carbocycles. The first-order chi connectivity index (χ1) is 9.65. The van der Waals surface area contributed by atoms with Crippen LogP contribution in [0.25, 0.3) is 0 Å². The first kappa shape index (κ1) is 21.8. The van der Waals surface area contributed by atoms with Crippen LogP contribution < -0.4 is 0 Å². The van der Waals surface area contributed by atoms with Crippen LogP contribution in [-0.4, -0.2) is 28.6 Å². The van der Waals surface area contributed by atoms with Crippen molar-refractivity contribution in [3.05, 3.63) is 37.0 Å². The molecule has 0 amide bonds. The smallest absolute Gasteiger partial charge is 0.116 e. The summed E-state index contributed by atoms with van der Waals surface area (Å²) in [4.78, 5) is 0. The van der Waals surface area contributed by atoms with Gasteiger partial charge in [0.15, 0.2) is 0 Å². The number of rotatable bonds is 9. The fraction of sp³-hybridized carbons (Fsp3) is 0.667. The summed E-state index contributed by atoms with van der Waals surface area (Å²) in [5.74, 6) is 0. The van der Waals surface area contributed by atoms with E-state index in [1.54, 1.807) is 0 Å². The minimum absolute atomic E-state index is 0.627.